The number of rotatable bonds is 3. The second-order valence-electron chi connectivity index (χ2n) is 5.14. The van der Waals surface area contributed by atoms with Crippen molar-refractivity contribution in [1.29, 1.82) is 0 Å². The Hall–Kier alpha value is -2.32. The van der Waals surface area contributed by atoms with Gasteiger partial charge in [0.2, 0.25) is 0 Å². The normalized spacial score (nSPS) is 21.0. The van der Waals surface area contributed by atoms with E-state index in [1.165, 1.54) is 14.2 Å². The molecule has 0 aliphatic carbocycles. The Morgan fingerprint density at radius 1 is 1.13 bits per heavy atom. The number of aliphatic hydroxyl groups is 1. The van der Waals surface area contributed by atoms with Crippen LogP contribution in [0.5, 0.6) is 0 Å². The summed E-state index contributed by atoms with van der Waals surface area (Å²) in [5.74, 6) is 0. The largest absolute Gasteiger partial charge is 0.452 e. The zero-order chi connectivity index (χ0) is 16.8. The van der Waals surface area contributed by atoms with E-state index in [0.29, 0.717) is 6.54 Å². The number of aliphatic hydroxyl groups excluding tert-OH is 1. The molecule has 1 heterocycles. The van der Waals surface area contributed by atoms with Crippen LogP contribution in [-0.2, 0) is 16.0 Å². The number of ether oxygens (including phenoxy) is 2. The van der Waals surface area contributed by atoms with Gasteiger partial charge in [0, 0.05) is 6.54 Å². The lowest BCUT2D eigenvalue weighted by Gasteiger charge is -2.42. The van der Waals surface area contributed by atoms with E-state index in [-0.39, 0.29) is 13.1 Å². The van der Waals surface area contributed by atoms with Crippen LogP contribution >= 0.6 is 0 Å². The molecule has 1 aliphatic rings. The second kappa shape index (κ2) is 7.80. The van der Waals surface area contributed by atoms with Crippen LogP contribution in [0, 0.1) is 0 Å². The van der Waals surface area contributed by atoms with Crippen LogP contribution in [0.3, 0.4) is 0 Å². The van der Waals surface area contributed by atoms with E-state index >= 15 is 0 Å². The number of amides is 2. The van der Waals surface area contributed by atoms with Gasteiger partial charge in [-0.3, -0.25) is 0 Å². The molecule has 126 valence electrons. The summed E-state index contributed by atoms with van der Waals surface area (Å²) in [7, 11) is 2.44. The van der Waals surface area contributed by atoms with Crippen LogP contribution in [0.1, 0.15) is 5.56 Å². The first-order valence-corrected chi connectivity index (χ1v) is 7.23. The summed E-state index contributed by atoms with van der Waals surface area (Å²) in [6.07, 6.45) is -2.25. The predicted molar refractivity (Wildman–Crippen MR) is 81.3 cm³/mol. The zero-order valence-electron chi connectivity index (χ0n) is 13.1. The molecule has 2 atom stereocenters. The Kier molecular flexibility index (Phi) is 5.78. The van der Waals surface area contributed by atoms with Crippen LogP contribution in [0.25, 0.3) is 0 Å². The number of nitrogens with one attached hydrogen (secondary N) is 1. The number of carbonyl (C=O) groups is 2. The van der Waals surface area contributed by atoms with E-state index in [9.17, 15) is 14.7 Å². The fourth-order valence-electron chi connectivity index (χ4n) is 2.41. The standard InChI is InChI=1S/C15H21N3O5/c1-22-14(20)17-9-12(13(19)10-18(17)15(21)23-2)16-8-11-6-4-3-5-7-11/h3-7,12-13,16,19H,8-10H2,1-2H3. The van der Waals surface area contributed by atoms with Gasteiger partial charge in [0.15, 0.2) is 0 Å². The van der Waals surface area contributed by atoms with Crippen molar-refractivity contribution < 1.29 is 24.2 Å². The molecule has 0 radical (unpaired) electrons. The molecule has 0 spiro atoms. The first kappa shape index (κ1) is 17.0. The Morgan fingerprint density at radius 3 is 2.26 bits per heavy atom. The molecule has 8 nitrogen and oxygen atoms in total. The summed E-state index contributed by atoms with van der Waals surface area (Å²) < 4.78 is 9.32. The minimum Gasteiger partial charge on any atom is -0.452 e. The molecule has 1 aromatic carbocycles. The third-order valence-electron chi connectivity index (χ3n) is 3.67. The van der Waals surface area contributed by atoms with E-state index in [2.05, 4.69) is 14.8 Å². The maximum absolute atomic E-state index is 11.9. The smallest absolute Gasteiger partial charge is 0.428 e. The number of benzene rings is 1. The number of β-amino-alcohol motifs (C(OH)–C–C–N with tert-alkyl or cyclic N) is 1. The molecular weight excluding hydrogens is 302 g/mol. The second-order valence-corrected chi connectivity index (χ2v) is 5.14. The summed E-state index contributed by atoms with van der Waals surface area (Å²) in [5.41, 5.74) is 1.06. The van der Waals surface area contributed by atoms with Crippen molar-refractivity contribution in [2.45, 2.75) is 18.7 Å². The minimum atomic E-state index is -0.835. The lowest BCUT2D eigenvalue weighted by molar-refractivity contribution is -0.0792. The van der Waals surface area contributed by atoms with Crippen molar-refractivity contribution in [2.75, 3.05) is 27.3 Å². The van der Waals surface area contributed by atoms with Gasteiger partial charge in [-0.2, -0.15) is 0 Å². The molecule has 2 N–H and O–H groups in total. The average molecular weight is 323 g/mol. The van der Waals surface area contributed by atoms with Crippen LogP contribution in [0.2, 0.25) is 0 Å². The highest BCUT2D eigenvalue weighted by atomic mass is 16.6. The molecule has 0 saturated carbocycles. The Balaban J connectivity index is 2.04. The van der Waals surface area contributed by atoms with Gasteiger partial charge < -0.3 is 19.9 Å². The number of hydrazine groups is 1. The van der Waals surface area contributed by atoms with Gasteiger partial charge >= 0.3 is 12.2 Å². The van der Waals surface area contributed by atoms with Gasteiger partial charge in [0.05, 0.1) is 39.5 Å². The van der Waals surface area contributed by atoms with Crippen molar-refractivity contribution in [3.05, 3.63) is 35.9 Å². The lowest BCUT2D eigenvalue weighted by atomic mass is 10.1. The van der Waals surface area contributed by atoms with Gasteiger partial charge in [-0.25, -0.2) is 19.6 Å². The molecule has 2 unspecified atom stereocenters. The molecule has 1 aliphatic heterocycles. The topological polar surface area (TPSA) is 91.3 Å². The molecule has 2 amide bonds. The number of methoxy groups -OCH3 is 2. The molecule has 1 fully saturated rings. The Morgan fingerprint density at radius 2 is 1.70 bits per heavy atom. The highest BCUT2D eigenvalue weighted by molar-refractivity contribution is 5.74. The molecule has 8 heteroatoms. The van der Waals surface area contributed by atoms with E-state index in [1.807, 2.05) is 30.3 Å². The highest BCUT2D eigenvalue weighted by Crippen LogP contribution is 2.15. The van der Waals surface area contributed by atoms with Gasteiger partial charge in [-0.15, -0.1) is 0 Å². The predicted octanol–water partition coefficient (Wildman–Crippen LogP) is 0.571. The summed E-state index contributed by atoms with van der Waals surface area (Å²) in [6, 6.07) is 9.30. The Labute approximate surface area is 134 Å². The van der Waals surface area contributed by atoms with Gasteiger partial charge in [0.1, 0.15) is 0 Å². The maximum atomic E-state index is 11.9. The SMILES string of the molecule is COC(=O)N1CC(O)C(NCc2ccccc2)CN1C(=O)OC. The number of hydrogen-bond acceptors (Lipinski definition) is 6. The van der Waals surface area contributed by atoms with Crippen molar-refractivity contribution in [3.63, 3.8) is 0 Å². The minimum absolute atomic E-state index is 0.0613. The molecule has 23 heavy (non-hydrogen) atoms. The molecule has 0 aromatic heterocycles. The third kappa shape index (κ3) is 4.11. The van der Waals surface area contributed by atoms with Crippen LogP contribution in [0.15, 0.2) is 30.3 Å². The van der Waals surface area contributed by atoms with Crippen LogP contribution in [-0.4, -0.2) is 66.8 Å². The van der Waals surface area contributed by atoms with E-state index in [4.69, 9.17) is 0 Å². The van der Waals surface area contributed by atoms with Crippen molar-refractivity contribution in [1.82, 2.24) is 15.3 Å². The van der Waals surface area contributed by atoms with Gasteiger partial charge in [0.25, 0.3) is 0 Å². The van der Waals surface area contributed by atoms with Crippen molar-refractivity contribution in [3.8, 4) is 0 Å². The van der Waals surface area contributed by atoms with E-state index in [1.54, 1.807) is 0 Å². The van der Waals surface area contributed by atoms with Crippen LogP contribution < -0.4 is 5.32 Å². The number of nitrogens with zero attached hydrogens (tertiary/aromatic N) is 2. The maximum Gasteiger partial charge on any atom is 0.428 e. The first-order valence-electron chi connectivity index (χ1n) is 7.23. The molecule has 1 aromatic rings. The molecule has 1 saturated heterocycles. The van der Waals surface area contributed by atoms with Crippen molar-refractivity contribution >= 4 is 12.2 Å². The monoisotopic (exact) mass is 323 g/mol. The quantitative estimate of drug-likeness (QED) is 0.845. The van der Waals surface area contributed by atoms with E-state index in [0.717, 1.165) is 15.6 Å². The third-order valence-corrected chi connectivity index (χ3v) is 3.67. The molecule has 0 bridgehead atoms. The summed E-state index contributed by atoms with van der Waals surface area (Å²) in [5, 5.41) is 15.6. The van der Waals surface area contributed by atoms with Gasteiger partial charge in [-0.1, -0.05) is 30.3 Å². The van der Waals surface area contributed by atoms with Crippen molar-refractivity contribution in [2.24, 2.45) is 0 Å². The van der Waals surface area contributed by atoms with Gasteiger partial charge in [-0.05, 0) is 5.56 Å². The van der Waals surface area contributed by atoms with Crippen LogP contribution in [0.4, 0.5) is 9.59 Å². The summed E-state index contributed by atoms with van der Waals surface area (Å²) >= 11 is 0. The summed E-state index contributed by atoms with van der Waals surface area (Å²) in [4.78, 5) is 23.6. The average Bonchev–Trinajstić information content (AvgIpc) is 2.59. The van der Waals surface area contributed by atoms with E-state index < -0.39 is 24.3 Å². The molecule has 2 rings (SSSR count). The number of carbonyl (C=O) groups excluding carboxylic acids is 2. The fraction of sp³-hybridized carbons (Fsp3) is 0.467. The Bertz CT molecular complexity index is 539. The lowest BCUT2D eigenvalue weighted by Crippen LogP contribution is -2.65. The molecular formula is C15H21N3O5. The fourth-order valence-corrected chi connectivity index (χ4v) is 2.41. The number of hydrogen-bond donors (Lipinski definition) is 2. The highest BCUT2D eigenvalue weighted by Gasteiger charge is 2.39. The first-order chi connectivity index (χ1) is 11.1. The summed E-state index contributed by atoms with van der Waals surface area (Å²) in [6.45, 7) is 0.569. The zero-order valence-corrected chi connectivity index (χ0v) is 13.1.